The topological polar surface area (TPSA) is 90.9 Å². The molecule has 96 valence electrons. The molecule has 0 aliphatic rings. The van der Waals surface area contributed by atoms with Crippen LogP contribution in [0.25, 0.3) is 0 Å². The Hall–Kier alpha value is -2.31. The number of ether oxygens (including phenoxy) is 1. The molecule has 2 heterocycles. The van der Waals surface area contributed by atoms with E-state index in [0.717, 1.165) is 0 Å². The van der Waals surface area contributed by atoms with Crippen LogP contribution < -0.4 is 15.8 Å². The average Bonchev–Trinajstić information content (AvgIpc) is 2.76. The molecule has 0 unspecified atom stereocenters. The number of hydrogen-bond donors (Lipinski definition) is 2. The summed E-state index contributed by atoms with van der Waals surface area (Å²) in [5.74, 6) is 1.76. The first kappa shape index (κ1) is 12.2. The molecule has 18 heavy (non-hydrogen) atoms. The van der Waals surface area contributed by atoms with Crippen LogP contribution in [0.3, 0.4) is 0 Å². The third-order valence-corrected chi connectivity index (χ3v) is 2.31. The van der Waals surface area contributed by atoms with E-state index in [4.69, 9.17) is 10.5 Å². The summed E-state index contributed by atoms with van der Waals surface area (Å²) in [4.78, 5) is 7.98. The van der Waals surface area contributed by atoms with Crippen molar-refractivity contribution < 1.29 is 4.74 Å². The number of nitrogens with zero attached hydrogens (tertiary/aromatic N) is 4. The quantitative estimate of drug-likeness (QED) is 0.855. The van der Waals surface area contributed by atoms with E-state index in [1.54, 1.807) is 24.0 Å². The van der Waals surface area contributed by atoms with E-state index < -0.39 is 0 Å². The number of rotatable bonds is 4. The Morgan fingerprint density at radius 3 is 2.78 bits per heavy atom. The van der Waals surface area contributed by atoms with E-state index in [1.807, 2.05) is 20.0 Å². The standard InChI is InChI=1S/C11H16N6O/c1-7(2)17-6-8(5-14-17)18-10-4-9(13-3)15-11(12)16-10/h4-7H,1-3H3,(H3,12,13,15,16). The zero-order chi connectivity index (χ0) is 13.1. The lowest BCUT2D eigenvalue weighted by Gasteiger charge is -2.05. The van der Waals surface area contributed by atoms with Gasteiger partial charge in [0.15, 0.2) is 5.75 Å². The van der Waals surface area contributed by atoms with Gasteiger partial charge in [-0.25, -0.2) is 0 Å². The molecule has 7 heteroatoms. The molecule has 0 bridgehead atoms. The van der Waals surface area contributed by atoms with Gasteiger partial charge in [0.25, 0.3) is 0 Å². The summed E-state index contributed by atoms with van der Waals surface area (Å²) < 4.78 is 7.38. The van der Waals surface area contributed by atoms with E-state index in [1.165, 1.54) is 0 Å². The zero-order valence-corrected chi connectivity index (χ0v) is 10.6. The summed E-state index contributed by atoms with van der Waals surface area (Å²) in [7, 11) is 1.75. The minimum atomic E-state index is 0.160. The van der Waals surface area contributed by atoms with Crippen LogP contribution in [0.2, 0.25) is 0 Å². The second kappa shape index (κ2) is 4.91. The lowest BCUT2D eigenvalue weighted by Crippen LogP contribution is -2.01. The number of aromatic nitrogens is 4. The molecule has 0 aromatic carbocycles. The Morgan fingerprint density at radius 2 is 2.17 bits per heavy atom. The van der Waals surface area contributed by atoms with Crippen LogP contribution in [0, 0.1) is 0 Å². The summed E-state index contributed by atoms with van der Waals surface area (Å²) >= 11 is 0. The monoisotopic (exact) mass is 248 g/mol. The summed E-state index contributed by atoms with van der Waals surface area (Å²) in [6, 6.07) is 1.95. The second-order valence-electron chi connectivity index (χ2n) is 4.05. The van der Waals surface area contributed by atoms with Gasteiger partial charge in [0.1, 0.15) is 5.82 Å². The fraction of sp³-hybridized carbons (Fsp3) is 0.364. The third-order valence-electron chi connectivity index (χ3n) is 2.31. The molecule has 0 saturated carbocycles. The Morgan fingerprint density at radius 1 is 1.39 bits per heavy atom. The van der Waals surface area contributed by atoms with Crippen molar-refractivity contribution in [3.63, 3.8) is 0 Å². The molecular formula is C11H16N6O. The normalized spacial score (nSPS) is 10.7. The van der Waals surface area contributed by atoms with Crippen molar-refractivity contribution in [3.8, 4) is 11.6 Å². The highest BCUT2D eigenvalue weighted by molar-refractivity contribution is 5.43. The van der Waals surface area contributed by atoms with Crippen LogP contribution in [0.5, 0.6) is 11.6 Å². The molecule has 3 N–H and O–H groups in total. The van der Waals surface area contributed by atoms with Crippen molar-refractivity contribution in [1.82, 2.24) is 19.7 Å². The van der Waals surface area contributed by atoms with Crippen LogP contribution in [-0.2, 0) is 0 Å². The number of nitrogen functional groups attached to an aromatic ring is 1. The second-order valence-corrected chi connectivity index (χ2v) is 4.05. The van der Waals surface area contributed by atoms with Gasteiger partial charge in [-0.3, -0.25) is 4.68 Å². The van der Waals surface area contributed by atoms with Gasteiger partial charge >= 0.3 is 0 Å². The van der Waals surface area contributed by atoms with Gasteiger partial charge in [-0.2, -0.15) is 15.1 Å². The molecule has 0 atom stereocenters. The lowest BCUT2D eigenvalue weighted by atomic mass is 10.4. The Labute approximate surface area is 105 Å². The van der Waals surface area contributed by atoms with Gasteiger partial charge in [0.2, 0.25) is 11.8 Å². The molecule has 0 fully saturated rings. The van der Waals surface area contributed by atoms with Gasteiger partial charge in [0, 0.05) is 19.2 Å². The number of nitrogens with one attached hydrogen (secondary N) is 1. The highest BCUT2D eigenvalue weighted by atomic mass is 16.5. The van der Waals surface area contributed by atoms with Gasteiger partial charge in [-0.05, 0) is 13.8 Å². The third kappa shape index (κ3) is 2.68. The van der Waals surface area contributed by atoms with E-state index in [0.29, 0.717) is 17.4 Å². The van der Waals surface area contributed by atoms with Crippen LogP contribution in [0.15, 0.2) is 18.5 Å². The molecule has 0 amide bonds. The van der Waals surface area contributed by atoms with Crippen LogP contribution >= 0.6 is 0 Å². The van der Waals surface area contributed by atoms with Gasteiger partial charge < -0.3 is 15.8 Å². The first-order valence-corrected chi connectivity index (χ1v) is 5.63. The summed E-state index contributed by atoms with van der Waals surface area (Å²) in [5, 5.41) is 7.06. The van der Waals surface area contributed by atoms with Crippen molar-refractivity contribution >= 4 is 11.8 Å². The maximum atomic E-state index is 5.58. The van der Waals surface area contributed by atoms with E-state index in [2.05, 4.69) is 20.4 Å². The van der Waals surface area contributed by atoms with Crippen LogP contribution in [-0.4, -0.2) is 26.8 Å². The highest BCUT2D eigenvalue weighted by Gasteiger charge is 2.07. The Kier molecular flexibility index (Phi) is 3.31. The van der Waals surface area contributed by atoms with Crippen molar-refractivity contribution in [3.05, 3.63) is 18.5 Å². The summed E-state index contributed by atoms with van der Waals surface area (Å²) in [6.45, 7) is 4.08. The molecule has 2 aromatic heterocycles. The minimum absolute atomic E-state index is 0.160. The molecule has 2 rings (SSSR count). The predicted molar refractivity (Wildman–Crippen MR) is 68.7 cm³/mol. The summed E-state index contributed by atoms with van der Waals surface area (Å²) in [5.41, 5.74) is 5.58. The molecule has 2 aromatic rings. The molecule has 0 aliphatic carbocycles. The number of hydrogen-bond acceptors (Lipinski definition) is 6. The van der Waals surface area contributed by atoms with Crippen molar-refractivity contribution in [2.45, 2.75) is 19.9 Å². The largest absolute Gasteiger partial charge is 0.435 e. The first-order valence-electron chi connectivity index (χ1n) is 5.63. The minimum Gasteiger partial charge on any atom is -0.435 e. The maximum Gasteiger partial charge on any atom is 0.226 e. The predicted octanol–water partition coefficient (Wildman–Crippen LogP) is 1.67. The van der Waals surface area contributed by atoms with Crippen LogP contribution in [0.4, 0.5) is 11.8 Å². The molecule has 0 aliphatic heterocycles. The zero-order valence-electron chi connectivity index (χ0n) is 10.6. The smallest absolute Gasteiger partial charge is 0.226 e. The van der Waals surface area contributed by atoms with E-state index >= 15 is 0 Å². The molecule has 0 saturated heterocycles. The van der Waals surface area contributed by atoms with Crippen LogP contribution in [0.1, 0.15) is 19.9 Å². The first-order chi connectivity index (χ1) is 8.58. The van der Waals surface area contributed by atoms with Gasteiger partial charge in [0.05, 0.1) is 12.4 Å². The van der Waals surface area contributed by atoms with Crippen molar-refractivity contribution in [2.24, 2.45) is 0 Å². The molecule has 0 spiro atoms. The van der Waals surface area contributed by atoms with Gasteiger partial charge in [-0.1, -0.05) is 0 Å². The average molecular weight is 248 g/mol. The highest BCUT2D eigenvalue weighted by Crippen LogP contribution is 2.22. The number of nitrogens with two attached hydrogens (primary N) is 1. The van der Waals surface area contributed by atoms with Crippen molar-refractivity contribution in [1.29, 1.82) is 0 Å². The molecule has 0 radical (unpaired) electrons. The fourth-order valence-corrected chi connectivity index (χ4v) is 1.40. The Balaban J connectivity index is 2.19. The van der Waals surface area contributed by atoms with E-state index in [9.17, 15) is 0 Å². The lowest BCUT2D eigenvalue weighted by molar-refractivity contribution is 0.459. The Bertz CT molecular complexity index is 536. The number of anilines is 2. The SMILES string of the molecule is CNc1cc(Oc2cnn(C(C)C)c2)nc(N)n1. The fourth-order valence-electron chi connectivity index (χ4n) is 1.40. The maximum absolute atomic E-state index is 5.58. The summed E-state index contributed by atoms with van der Waals surface area (Å²) in [6.07, 6.45) is 3.44. The molecular weight excluding hydrogens is 232 g/mol. The molecule has 7 nitrogen and oxygen atoms in total. The van der Waals surface area contributed by atoms with Crippen molar-refractivity contribution in [2.75, 3.05) is 18.1 Å². The van der Waals surface area contributed by atoms with E-state index in [-0.39, 0.29) is 12.0 Å². The van der Waals surface area contributed by atoms with Gasteiger partial charge in [-0.15, -0.1) is 0 Å².